The predicted molar refractivity (Wildman–Crippen MR) is 93.9 cm³/mol. The molecule has 2 rings (SSSR count). The minimum absolute atomic E-state index is 0.000174. The van der Waals surface area contributed by atoms with Crippen LogP contribution in [-0.4, -0.2) is 46.4 Å². The van der Waals surface area contributed by atoms with Gasteiger partial charge in [-0.25, -0.2) is 4.79 Å². The van der Waals surface area contributed by atoms with Crippen molar-refractivity contribution < 1.29 is 19.5 Å². The average Bonchev–Trinajstić information content (AvgIpc) is 2.62. The van der Waals surface area contributed by atoms with Crippen molar-refractivity contribution in [3.8, 4) is 0 Å². The van der Waals surface area contributed by atoms with Gasteiger partial charge in [0.1, 0.15) is 5.54 Å². The molecule has 2 N–H and O–H groups in total. The quantitative estimate of drug-likeness (QED) is 0.823. The number of rotatable bonds is 6. The van der Waals surface area contributed by atoms with Crippen molar-refractivity contribution in [1.29, 1.82) is 0 Å². The van der Waals surface area contributed by atoms with Crippen LogP contribution in [0.1, 0.15) is 38.7 Å². The lowest BCUT2D eigenvalue weighted by Crippen LogP contribution is -2.55. The Labute approximate surface area is 148 Å². The first kappa shape index (κ1) is 19.0. The number of nitrogens with one attached hydrogen (secondary N) is 1. The summed E-state index contributed by atoms with van der Waals surface area (Å²) in [5.74, 6) is -1.70. The number of hydrogen-bond donors (Lipinski definition) is 2. The summed E-state index contributed by atoms with van der Waals surface area (Å²) in [4.78, 5) is 38.1. The lowest BCUT2D eigenvalue weighted by Gasteiger charge is -2.34. The molecule has 25 heavy (non-hydrogen) atoms. The fourth-order valence-corrected chi connectivity index (χ4v) is 2.97. The SMILES string of the molecule is CCC(C)(NC(=O)C1CCCN(C(=O)Cc2ccccc2)C1)C(=O)O. The Kier molecular flexibility index (Phi) is 6.17. The van der Waals surface area contributed by atoms with Gasteiger partial charge < -0.3 is 15.3 Å². The van der Waals surface area contributed by atoms with Crippen LogP contribution in [0.25, 0.3) is 0 Å². The van der Waals surface area contributed by atoms with Crippen molar-refractivity contribution >= 4 is 17.8 Å². The van der Waals surface area contributed by atoms with Crippen LogP contribution in [0, 0.1) is 5.92 Å². The van der Waals surface area contributed by atoms with Crippen LogP contribution in [0.5, 0.6) is 0 Å². The molecule has 1 aliphatic rings. The van der Waals surface area contributed by atoms with Gasteiger partial charge in [-0.15, -0.1) is 0 Å². The van der Waals surface area contributed by atoms with E-state index in [1.54, 1.807) is 11.8 Å². The topological polar surface area (TPSA) is 86.7 Å². The molecule has 1 fully saturated rings. The van der Waals surface area contributed by atoms with E-state index < -0.39 is 11.5 Å². The maximum Gasteiger partial charge on any atom is 0.329 e. The van der Waals surface area contributed by atoms with E-state index >= 15 is 0 Å². The summed E-state index contributed by atoms with van der Waals surface area (Å²) in [7, 11) is 0. The third-order valence-corrected chi connectivity index (χ3v) is 4.92. The molecule has 2 amide bonds. The van der Waals surface area contributed by atoms with Gasteiger partial charge in [-0.3, -0.25) is 9.59 Å². The van der Waals surface area contributed by atoms with E-state index in [1.165, 1.54) is 6.92 Å². The second-order valence-corrected chi connectivity index (χ2v) is 6.82. The molecular formula is C19H26N2O4. The van der Waals surface area contributed by atoms with Gasteiger partial charge in [0.25, 0.3) is 0 Å². The van der Waals surface area contributed by atoms with Crippen LogP contribution in [0.4, 0.5) is 0 Å². The molecule has 0 aromatic heterocycles. The van der Waals surface area contributed by atoms with Crippen LogP contribution in [0.3, 0.4) is 0 Å². The Morgan fingerprint density at radius 2 is 1.96 bits per heavy atom. The number of nitrogens with zero attached hydrogens (tertiary/aromatic N) is 1. The van der Waals surface area contributed by atoms with E-state index in [4.69, 9.17) is 0 Å². The smallest absolute Gasteiger partial charge is 0.329 e. The zero-order chi connectivity index (χ0) is 18.4. The highest BCUT2D eigenvalue weighted by Gasteiger charge is 2.36. The number of carboxylic acids is 1. The highest BCUT2D eigenvalue weighted by molar-refractivity contribution is 5.88. The third-order valence-electron chi connectivity index (χ3n) is 4.92. The molecular weight excluding hydrogens is 320 g/mol. The fraction of sp³-hybridized carbons (Fsp3) is 0.526. The highest BCUT2D eigenvalue weighted by atomic mass is 16.4. The average molecular weight is 346 g/mol. The van der Waals surface area contributed by atoms with Gasteiger partial charge in [-0.2, -0.15) is 0 Å². The molecule has 0 saturated carbocycles. The van der Waals surface area contributed by atoms with Crippen LogP contribution in [-0.2, 0) is 20.8 Å². The zero-order valence-corrected chi connectivity index (χ0v) is 14.8. The first-order valence-electron chi connectivity index (χ1n) is 8.73. The zero-order valence-electron chi connectivity index (χ0n) is 14.8. The molecule has 1 aromatic carbocycles. The van der Waals surface area contributed by atoms with Crippen molar-refractivity contribution in [3.63, 3.8) is 0 Å². The summed E-state index contributed by atoms with van der Waals surface area (Å²) in [5, 5.41) is 11.9. The molecule has 1 aromatic rings. The van der Waals surface area contributed by atoms with Crippen molar-refractivity contribution in [3.05, 3.63) is 35.9 Å². The number of carboxylic acid groups (broad SMARTS) is 1. The second-order valence-electron chi connectivity index (χ2n) is 6.82. The van der Waals surface area contributed by atoms with Crippen LogP contribution < -0.4 is 5.32 Å². The molecule has 1 saturated heterocycles. The molecule has 0 bridgehead atoms. The lowest BCUT2D eigenvalue weighted by atomic mass is 9.93. The maximum absolute atomic E-state index is 12.5. The first-order chi connectivity index (χ1) is 11.9. The van der Waals surface area contributed by atoms with Crippen LogP contribution in [0.15, 0.2) is 30.3 Å². The molecule has 136 valence electrons. The molecule has 6 nitrogen and oxygen atoms in total. The van der Waals surface area contributed by atoms with Gasteiger partial charge in [0.2, 0.25) is 11.8 Å². The normalized spacial score (nSPS) is 19.8. The number of carbonyl (C=O) groups is 3. The Hall–Kier alpha value is -2.37. The van der Waals surface area contributed by atoms with Crippen molar-refractivity contribution in [1.82, 2.24) is 10.2 Å². The fourth-order valence-electron chi connectivity index (χ4n) is 2.97. The number of piperidine rings is 1. The molecule has 1 heterocycles. The van der Waals surface area contributed by atoms with Crippen LogP contribution in [0.2, 0.25) is 0 Å². The van der Waals surface area contributed by atoms with Gasteiger partial charge >= 0.3 is 5.97 Å². The highest BCUT2D eigenvalue weighted by Crippen LogP contribution is 2.20. The van der Waals surface area contributed by atoms with Gasteiger partial charge in [0, 0.05) is 13.1 Å². The summed E-state index contributed by atoms with van der Waals surface area (Å²) in [5.41, 5.74) is -0.323. The maximum atomic E-state index is 12.5. The van der Waals surface area contributed by atoms with Crippen LogP contribution >= 0.6 is 0 Å². The Morgan fingerprint density at radius 3 is 2.56 bits per heavy atom. The minimum atomic E-state index is -1.27. The van der Waals surface area contributed by atoms with E-state index in [2.05, 4.69) is 5.32 Å². The Morgan fingerprint density at radius 1 is 1.28 bits per heavy atom. The minimum Gasteiger partial charge on any atom is -0.480 e. The summed E-state index contributed by atoms with van der Waals surface area (Å²) in [6, 6.07) is 9.51. The number of benzene rings is 1. The Bertz CT molecular complexity index is 632. The standard InChI is InChI=1S/C19H26N2O4/c1-3-19(2,18(24)25)20-17(23)15-10-7-11-21(13-15)16(22)12-14-8-5-4-6-9-14/h4-6,8-9,15H,3,7,10-13H2,1-2H3,(H,20,23)(H,24,25). The summed E-state index contributed by atoms with van der Waals surface area (Å²) >= 11 is 0. The summed E-state index contributed by atoms with van der Waals surface area (Å²) in [6.07, 6.45) is 2.03. The monoisotopic (exact) mass is 346 g/mol. The summed E-state index contributed by atoms with van der Waals surface area (Å²) < 4.78 is 0. The lowest BCUT2D eigenvalue weighted by molar-refractivity contribution is -0.148. The number of aliphatic carboxylic acids is 1. The van der Waals surface area contributed by atoms with E-state index in [0.717, 1.165) is 12.0 Å². The van der Waals surface area contributed by atoms with Gasteiger partial charge in [0.15, 0.2) is 0 Å². The van der Waals surface area contributed by atoms with E-state index in [1.807, 2.05) is 30.3 Å². The molecule has 1 aliphatic heterocycles. The molecule has 6 heteroatoms. The molecule has 2 unspecified atom stereocenters. The molecule has 0 aliphatic carbocycles. The number of likely N-dealkylation sites (tertiary alicyclic amines) is 1. The third kappa shape index (κ3) is 4.81. The summed E-state index contributed by atoms with van der Waals surface area (Å²) in [6.45, 7) is 4.22. The molecule has 0 radical (unpaired) electrons. The van der Waals surface area contributed by atoms with Gasteiger partial charge in [0.05, 0.1) is 12.3 Å². The van der Waals surface area contributed by atoms with Gasteiger partial charge in [-0.1, -0.05) is 37.3 Å². The molecule has 2 atom stereocenters. The predicted octanol–water partition coefficient (Wildman–Crippen LogP) is 1.84. The van der Waals surface area contributed by atoms with Crippen molar-refractivity contribution in [2.45, 2.75) is 45.1 Å². The second kappa shape index (κ2) is 8.14. The molecule has 0 spiro atoms. The van der Waals surface area contributed by atoms with E-state index in [9.17, 15) is 19.5 Å². The largest absolute Gasteiger partial charge is 0.480 e. The Balaban J connectivity index is 1.96. The van der Waals surface area contributed by atoms with E-state index in [-0.39, 0.29) is 17.7 Å². The first-order valence-corrected chi connectivity index (χ1v) is 8.73. The number of carbonyl (C=O) groups excluding carboxylic acids is 2. The number of hydrogen-bond acceptors (Lipinski definition) is 3. The van der Waals surface area contributed by atoms with Crippen molar-refractivity contribution in [2.24, 2.45) is 5.92 Å². The number of amides is 2. The van der Waals surface area contributed by atoms with Gasteiger partial charge in [-0.05, 0) is 31.7 Å². The van der Waals surface area contributed by atoms with E-state index in [0.29, 0.717) is 32.4 Å². The van der Waals surface area contributed by atoms with Crippen molar-refractivity contribution in [2.75, 3.05) is 13.1 Å².